The quantitative estimate of drug-likeness (QED) is 0.510. The van der Waals surface area contributed by atoms with Gasteiger partial charge >= 0.3 is 5.97 Å². The minimum absolute atomic E-state index is 0.0301. The number of carbonyl (C=O) groups is 1. The Hall–Kier alpha value is -1.05. The van der Waals surface area contributed by atoms with Crippen molar-refractivity contribution >= 4 is 5.97 Å². The summed E-state index contributed by atoms with van der Waals surface area (Å²) in [5.41, 5.74) is 2.43. The van der Waals surface area contributed by atoms with Crippen molar-refractivity contribution in [1.29, 1.82) is 0 Å². The average Bonchev–Trinajstić information content (AvgIpc) is 2.43. The van der Waals surface area contributed by atoms with Crippen LogP contribution in [0.4, 0.5) is 0 Å². The second-order valence-corrected chi connectivity index (χ2v) is 3.59. The highest BCUT2D eigenvalue weighted by atomic mass is 16.6. The molecule has 2 nitrogen and oxygen atoms in total. The second kappa shape index (κ2) is 2.47. The van der Waals surface area contributed by atoms with Crippen LogP contribution >= 0.6 is 0 Å². The molecule has 2 aliphatic rings. The number of hydrogen-bond donors (Lipinski definition) is 0. The SMILES string of the molecule is CC(C)=C1C=C[C@@H]2CC(=O)O[C@H]12. The molecule has 0 bridgehead atoms. The first-order chi connectivity index (χ1) is 5.68. The molecule has 0 aromatic carbocycles. The second-order valence-electron chi connectivity index (χ2n) is 3.59. The smallest absolute Gasteiger partial charge is 0.307 e. The van der Waals surface area contributed by atoms with Gasteiger partial charge in [-0.3, -0.25) is 4.79 Å². The molecule has 0 N–H and O–H groups in total. The van der Waals surface area contributed by atoms with Gasteiger partial charge in [0.15, 0.2) is 0 Å². The molecule has 2 rings (SSSR count). The predicted molar refractivity (Wildman–Crippen MR) is 45.5 cm³/mol. The molecule has 1 heterocycles. The highest BCUT2D eigenvalue weighted by Gasteiger charge is 2.38. The maximum atomic E-state index is 10.9. The largest absolute Gasteiger partial charge is 0.457 e. The summed E-state index contributed by atoms with van der Waals surface area (Å²) in [5.74, 6) is 0.246. The number of carbonyl (C=O) groups excluding carboxylic acids is 1. The fraction of sp³-hybridized carbons (Fsp3) is 0.500. The molecule has 0 amide bonds. The predicted octanol–water partition coefficient (Wildman–Crippen LogP) is 1.82. The summed E-state index contributed by atoms with van der Waals surface area (Å²) in [6.45, 7) is 4.10. The van der Waals surface area contributed by atoms with Gasteiger partial charge in [-0.1, -0.05) is 17.7 Å². The van der Waals surface area contributed by atoms with Gasteiger partial charge < -0.3 is 4.74 Å². The molecule has 0 unspecified atom stereocenters. The van der Waals surface area contributed by atoms with Crippen molar-refractivity contribution in [3.05, 3.63) is 23.3 Å². The van der Waals surface area contributed by atoms with E-state index in [2.05, 4.69) is 12.2 Å². The van der Waals surface area contributed by atoms with Crippen LogP contribution in [0.1, 0.15) is 20.3 Å². The van der Waals surface area contributed by atoms with Gasteiger partial charge in [0, 0.05) is 5.92 Å². The molecular weight excluding hydrogens is 152 g/mol. The molecule has 12 heavy (non-hydrogen) atoms. The van der Waals surface area contributed by atoms with Crippen molar-refractivity contribution in [3.63, 3.8) is 0 Å². The van der Waals surface area contributed by atoms with Crippen LogP contribution in [-0.4, -0.2) is 12.1 Å². The molecule has 0 saturated carbocycles. The number of hydrogen-bond acceptors (Lipinski definition) is 2. The Balaban J connectivity index is 2.30. The van der Waals surface area contributed by atoms with Crippen LogP contribution in [0, 0.1) is 5.92 Å². The Morgan fingerprint density at radius 3 is 3.00 bits per heavy atom. The van der Waals surface area contributed by atoms with Gasteiger partial charge in [0.25, 0.3) is 0 Å². The third-order valence-corrected chi connectivity index (χ3v) is 2.46. The Bertz CT molecular complexity index is 282. The zero-order valence-electron chi connectivity index (χ0n) is 7.33. The topological polar surface area (TPSA) is 26.3 Å². The Morgan fingerprint density at radius 1 is 1.58 bits per heavy atom. The molecule has 0 aromatic rings. The Kier molecular flexibility index (Phi) is 1.56. The van der Waals surface area contributed by atoms with Crippen molar-refractivity contribution in [3.8, 4) is 0 Å². The van der Waals surface area contributed by atoms with E-state index in [1.165, 1.54) is 11.1 Å². The number of allylic oxidation sites excluding steroid dienone is 1. The van der Waals surface area contributed by atoms with E-state index >= 15 is 0 Å². The minimum Gasteiger partial charge on any atom is -0.457 e. The summed E-state index contributed by atoms with van der Waals surface area (Å²) in [6.07, 6.45) is 4.75. The molecule has 0 radical (unpaired) electrons. The van der Waals surface area contributed by atoms with Crippen molar-refractivity contribution in [1.82, 2.24) is 0 Å². The maximum absolute atomic E-state index is 10.9. The van der Waals surface area contributed by atoms with Crippen molar-refractivity contribution in [2.24, 2.45) is 5.92 Å². The third kappa shape index (κ3) is 0.986. The van der Waals surface area contributed by atoms with Gasteiger partial charge in [-0.15, -0.1) is 0 Å². The highest BCUT2D eigenvalue weighted by Crippen LogP contribution is 2.36. The van der Waals surface area contributed by atoms with E-state index in [0.29, 0.717) is 12.3 Å². The van der Waals surface area contributed by atoms with E-state index < -0.39 is 0 Å². The van der Waals surface area contributed by atoms with Crippen molar-refractivity contribution in [2.45, 2.75) is 26.4 Å². The molecule has 1 aliphatic carbocycles. The molecule has 1 aliphatic heterocycles. The first kappa shape index (κ1) is 7.59. The zero-order chi connectivity index (χ0) is 8.72. The van der Waals surface area contributed by atoms with Gasteiger partial charge in [-0.2, -0.15) is 0 Å². The van der Waals surface area contributed by atoms with E-state index in [-0.39, 0.29) is 12.1 Å². The standard InChI is InChI=1S/C10H12O2/c1-6(2)8-4-3-7-5-9(11)12-10(7)8/h3-4,7,10H,5H2,1-2H3/t7-,10+/m1/s1. The maximum Gasteiger partial charge on any atom is 0.307 e. The highest BCUT2D eigenvalue weighted by molar-refractivity contribution is 5.74. The molecule has 64 valence electrons. The van der Waals surface area contributed by atoms with Crippen LogP contribution in [0.3, 0.4) is 0 Å². The molecule has 2 atom stereocenters. The van der Waals surface area contributed by atoms with Crippen molar-refractivity contribution < 1.29 is 9.53 Å². The minimum atomic E-state index is -0.0619. The molecular formula is C10H12O2. The van der Waals surface area contributed by atoms with Gasteiger partial charge in [0.1, 0.15) is 6.10 Å². The monoisotopic (exact) mass is 164 g/mol. The Labute approximate surface area is 71.9 Å². The lowest BCUT2D eigenvalue weighted by molar-refractivity contribution is -0.140. The first-order valence-electron chi connectivity index (χ1n) is 4.23. The lowest BCUT2D eigenvalue weighted by Gasteiger charge is -2.10. The van der Waals surface area contributed by atoms with Gasteiger partial charge in [0.05, 0.1) is 6.42 Å². The lowest BCUT2D eigenvalue weighted by Crippen LogP contribution is -2.12. The van der Waals surface area contributed by atoms with Gasteiger partial charge in [-0.05, 0) is 19.4 Å². The summed E-state index contributed by atoms with van der Waals surface area (Å²) >= 11 is 0. The van der Waals surface area contributed by atoms with Crippen LogP contribution in [-0.2, 0) is 9.53 Å². The number of esters is 1. The van der Waals surface area contributed by atoms with Gasteiger partial charge in [0.2, 0.25) is 0 Å². The molecule has 0 spiro atoms. The Morgan fingerprint density at radius 2 is 2.33 bits per heavy atom. The third-order valence-electron chi connectivity index (χ3n) is 2.46. The fourth-order valence-electron chi connectivity index (χ4n) is 1.81. The van der Waals surface area contributed by atoms with Crippen LogP contribution < -0.4 is 0 Å². The van der Waals surface area contributed by atoms with Crippen LogP contribution in [0.2, 0.25) is 0 Å². The van der Waals surface area contributed by atoms with Crippen LogP contribution in [0.25, 0.3) is 0 Å². The summed E-state index contributed by atoms with van der Waals surface area (Å²) in [6, 6.07) is 0. The zero-order valence-corrected chi connectivity index (χ0v) is 7.33. The van der Waals surface area contributed by atoms with E-state index in [1.54, 1.807) is 0 Å². The number of fused-ring (bicyclic) bond motifs is 1. The molecule has 0 aromatic heterocycles. The summed E-state index contributed by atoms with van der Waals surface area (Å²) in [4.78, 5) is 10.9. The average molecular weight is 164 g/mol. The molecule has 1 fully saturated rings. The lowest BCUT2D eigenvalue weighted by atomic mass is 10.0. The molecule has 1 saturated heterocycles. The van der Waals surface area contributed by atoms with Crippen molar-refractivity contribution in [2.75, 3.05) is 0 Å². The summed E-state index contributed by atoms with van der Waals surface area (Å²) in [5, 5.41) is 0. The van der Waals surface area contributed by atoms with Crippen LogP contribution in [0.5, 0.6) is 0 Å². The normalized spacial score (nSPS) is 32.2. The van der Waals surface area contributed by atoms with E-state index in [1.807, 2.05) is 13.8 Å². The summed E-state index contributed by atoms with van der Waals surface area (Å²) < 4.78 is 5.20. The number of rotatable bonds is 0. The van der Waals surface area contributed by atoms with E-state index in [4.69, 9.17) is 4.74 Å². The van der Waals surface area contributed by atoms with Gasteiger partial charge in [-0.25, -0.2) is 0 Å². The summed E-state index contributed by atoms with van der Waals surface area (Å²) in [7, 11) is 0. The first-order valence-corrected chi connectivity index (χ1v) is 4.23. The molecule has 2 heteroatoms. The van der Waals surface area contributed by atoms with E-state index in [0.717, 1.165) is 0 Å². The number of ether oxygens (including phenoxy) is 1. The van der Waals surface area contributed by atoms with Crippen LogP contribution in [0.15, 0.2) is 23.3 Å². The van der Waals surface area contributed by atoms with E-state index in [9.17, 15) is 4.79 Å². The fourth-order valence-corrected chi connectivity index (χ4v) is 1.81.